The maximum atomic E-state index is 13.1. The van der Waals surface area contributed by atoms with Crippen LogP contribution in [0.5, 0.6) is 5.75 Å². The van der Waals surface area contributed by atoms with Crippen LogP contribution >= 0.6 is 11.6 Å². The molecule has 0 unspecified atom stereocenters. The second-order valence-electron chi connectivity index (χ2n) is 4.31. The van der Waals surface area contributed by atoms with Gasteiger partial charge in [-0.1, -0.05) is 17.7 Å². The second kappa shape index (κ2) is 6.27. The van der Waals surface area contributed by atoms with E-state index in [1.165, 1.54) is 25.3 Å². The number of hydrogen-bond donors (Lipinski definition) is 2. The van der Waals surface area contributed by atoms with E-state index < -0.39 is 11.7 Å². The number of methoxy groups -OCH3 is 1. The number of anilines is 2. The molecule has 0 bridgehead atoms. The number of nitrogen functional groups attached to an aromatic ring is 1. The van der Waals surface area contributed by atoms with E-state index in [0.717, 1.165) is 6.07 Å². The molecular formula is C13H12ClF3N4O. The van der Waals surface area contributed by atoms with Crippen LogP contribution in [0.1, 0.15) is 11.1 Å². The summed E-state index contributed by atoms with van der Waals surface area (Å²) in [7, 11) is 1.30. The van der Waals surface area contributed by atoms with Crippen LogP contribution < -0.4 is 15.8 Å². The van der Waals surface area contributed by atoms with Crippen molar-refractivity contribution in [2.45, 2.75) is 12.7 Å². The van der Waals surface area contributed by atoms with Crippen LogP contribution in [-0.2, 0) is 12.7 Å². The lowest BCUT2D eigenvalue weighted by atomic mass is 10.1. The Morgan fingerprint density at radius 3 is 2.59 bits per heavy atom. The van der Waals surface area contributed by atoms with Gasteiger partial charge in [0, 0.05) is 12.6 Å². The number of nitrogens with two attached hydrogens (primary N) is 1. The van der Waals surface area contributed by atoms with Gasteiger partial charge >= 0.3 is 6.18 Å². The minimum Gasteiger partial charge on any atom is -0.497 e. The highest BCUT2D eigenvalue weighted by Crippen LogP contribution is 2.34. The average Bonchev–Trinajstić information content (AvgIpc) is 2.43. The van der Waals surface area contributed by atoms with E-state index in [1.54, 1.807) is 0 Å². The molecule has 118 valence electrons. The molecule has 0 amide bonds. The summed E-state index contributed by atoms with van der Waals surface area (Å²) < 4.78 is 44.0. The van der Waals surface area contributed by atoms with E-state index in [-0.39, 0.29) is 34.8 Å². The molecule has 5 nitrogen and oxygen atoms in total. The van der Waals surface area contributed by atoms with Gasteiger partial charge in [0.2, 0.25) is 5.95 Å². The van der Waals surface area contributed by atoms with Crippen LogP contribution in [0, 0.1) is 0 Å². The Morgan fingerprint density at radius 2 is 2.00 bits per heavy atom. The number of benzene rings is 1. The highest BCUT2D eigenvalue weighted by Gasteiger charge is 2.33. The maximum Gasteiger partial charge on any atom is 0.416 e. The van der Waals surface area contributed by atoms with Crippen LogP contribution in [0.15, 0.2) is 24.3 Å². The molecule has 1 aromatic carbocycles. The lowest BCUT2D eigenvalue weighted by Crippen LogP contribution is -2.13. The fraction of sp³-hybridized carbons (Fsp3) is 0.231. The minimum absolute atomic E-state index is 0.0432. The van der Waals surface area contributed by atoms with Crippen molar-refractivity contribution in [2.75, 3.05) is 18.2 Å². The van der Waals surface area contributed by atoms with E-state index in [2.05, 4.69) is 15.3 Å². The quantitative estimate of drug-likeness (QED) is 0.840. The molecule has 1 heterocycles. The first-order chi connectivity index (χ1) is 10.3. The number of aromatic nitrogens is 2. The maximum absolute atomic E-state index is 13.1. The molecule has 0 saturated carbocycles. The molecule has 0 spiro atoms. The van der Waals surface area contributed by atoms with Crippen LogP contribution in [0.3, 0.4) is 0 Å². The van der Waals surface area contributed by atoms with Gasteiger partial charge in [0.15, 0.2) is 0 Å². The number of hydrogen-bond acceptors (Lipinski definition) is 5. The molecule has 1 aromatic heterocycles. The zero-order chi connectivity index (χ0) is 16.3. The summed E-state index contributed by atoms with van der Waals surface area (Å²) in [6.45, 7) is -0.106. The molecule has 0 aliphatic heterocycles. The number of alkyl halides is 3. The minimum atomic E-state index is -4.49. The molecular weight excluding hydrogens is 321 g/mol. The van der Waals surface area contributed by atoms with E-state index in [0.29, 0.717) is 0 Å². The first-order valence-corrected chi connectivity index (χ1v) is 6.45. The van der Waals surface area contributed by atoms with Gasteiger partial charge in [-0.3, -0.25) is 0 Å². The van der Waals surface area contributed by atoms with Gasteiger partial charge in [0.1, 0.15) is 16.7 Å². The summed E-state index contributed by atoms with van der Waals surface area (Å²) in [6.07, 6.45) is -4.49. The van der Waals surface area contributed by atoms with E-state index in [1.807, 2.05) is 0 Å². The smallest absolute Gasteiger partial charge is 0.416 e. The van der Waals surface area contributed by atoms with Gasteiger partial charge in [-0.2, -0.15) is 18.2 Å². The number of nitrogens with zero attached hydrogens (tertiary/aromatic N) is 2. The van der Waals surface area contributed by atoms with Gasteiger partial charge in [-0.25, -0.2) is 4.98 Å². The van der Waals surface area contributed by atoms with Crippen LogP contribution in [0.2, 0.25) is 5.15 Å². The number of nitrogens with one attached hydrogen (secondary N) is 1. The molecule has 0 aliphatic rings. The van der Waals surface area contributed by atoms with Crippen molar-refractivity contribution in [1.29, 1.82) is 0 Å². The van der Waals surface area contributed by atoms with Crippen molar-refractivity contribution in [2.24, 2.45) is 0 Å². The molecule has 2 aromatic rings. The summed E-state index contributed by atoms with van der Waals surface area (Å²) in [5.41, 5.74) is 4.68. The molecule has 0 fully saturated rings. The fourth-order valence-electron chi connectivity index (χ4n) is 1.81. The Bertz CT molecular complexity index is 659. The molecule has 9 heteroatoms. The molecule has 0 saturated heterocycles. The monoisotopic (exact) mass is 332 g/mol. The van der Waals surface area contributed by atoms with Crippen LogP contribution in [0.25, 0.3) is 0 Å². The van der Waals surface area contributed by atoms with Crippen molar-refractivity contribution < 1.29 is 17.9 Å². The topological polar surface area (TPSA) is 73.1 Å². The Hall–Kier alpha value is -2.22. The SMILES string of the molecule is COc1ccc(CNc2cc(Cl)nc(N)n2)c(C(F)(F)F)c1. The molecule has 0 radical (unpaired) electrons. The van der Waals surface area contributed by atoms with Crippen LogP contribution in [0.4, 0.5) is 24.9 Å². The highest BCUT2D eigenvalue weighted by atomic mass is 35.5. The summed E-state index contributed by atoms with van der Waals surface area (Å²) in [4.78, 5) is 7.50. The van der Waals surface area contributed by atoms with Crippen LogP contribution in [-0.4, -0.2) is 17.1 Å². The Balaban J connectivity index is 2.25. The second-order valence-corrected chi connectivity index (χ2v) is 4.70. The van der Waals surface area contributed by atoms with Crippen molar-refractivity contribution >= 4 is 23.4 Å². The lowest BCUT2D eigenvalue weighted by molar-refractivity contribution is -0.138. The van der Waals surface area contributed by atoms with Gasteiger partial charge in [0.05, 0.1) is 12.7 Å². The van der Waals surface area contributed by atoms with Gasteiger partial charge in [0.25, 0.3) is 0 Å². The molecule has 3 N–H and O–H groups in total. The van der Waals surface area contributed by atoms with Gasteiger partial charge < -0.3 is 15.8 Å². The Kier molecular flexibility index (Phi) is 4.60. The zero-order valence-electron chi connectivity index (χ0n) is 11.4. The summed E-state index contributed by atoms with van der Waals surface area (Å²) >= 11 is 5.71. The number of ether oxygens (including phenoxy) is 1. The molecule has 22 heavy (non-hydrogen) atoms. The lowest BCUT2D eigenvalue weighted by Gasteiger charge is -2.15. The number of rotatable bonds is 4. The Morgan fingerprint density at radius 1 is 1.27 bits per heavy atom. The summed E-state index contributed by atoms with van der Waals surface area (Å²) in [5.74, 6) is 0.299. The predicted molar refractivity (Wildman–Crippen MR) is 76.8 cm³/mol. The summed E-state index contributed by atoms with van der Waals surface area (Å²) in [6, 6.07) is 5.10. The van der Waals surface area contributed by atoms with Crippen molar-refractivity contribution in [3.63, 3.8) is 0 Å². The molecule has 0 aliphatic carbocycles. The van der Waals surface area contributed by atoms with E-state index >= 15 is 0 Å². The fourth-order valence-corrected chi connectivity index (χ4v) is 2.00. The highest BCUT2D eigenvalue weighted by molar-refractivity contribution is 6.29. The normalized spacial score (nSPS) is 11.3. The zero-order valence-corrected chi connectivity index (χ0v) is 12.2. The molecule has 0 atom stereocenters. The standard InChI is InChI=1S/C13H12ClF3N4O/c1-22-8-3-2-7(9(4-8)13(15,16)17)6-19-11-5-10(14)20-12(18)21-11/h2-5H,6H2,1H3,(H3,18,19,20,21). The first-order valence-electron chi connectivity index (χ1n) is 6.07. The van der Waals surface area contributed by atoms with Crippen molar-refractivity contribution in [3.8, 4) is 5.75 Å². The van der Waals surface area contributed by atoms with Gasteiger partial charge in [-0.05, 0) is 17.7 Å². The third-order valence-electron chi connectivity index (χ3n) is 2.79. The largest absolute Gasteiger partial charge is 0.497 e. The third kappa shape index (κ3) is 3.91. The van der Waals surface area contributed by atoms with Gasteiger partial charge in [-0.15, -0.1) is 0 Å². The number of halogens is 4. The Labute approximate surface area is 129 Å². The first kappa shape index (κ1) is 16.2. The van der Waals surface area contributed by atoms with Crippen molar-refractivity contribution in [3.05, 3.63) is 40.5 Å². The summed E-state index contributed by atoms with van der Waals surface area (Å²) in [5, 5.41) is 2.83. The van der Waals surface area contributed by atoms with E-state index in [4.69, 9.17) is 22.1 Å². The van der Waals surface area contributed by atoms with E-state index in [9.17, 15) is 13.2 Å². The predicted octanol–water partition coefficient (Wildman–Crippen LogP) is 3.35. The average molecular weight is 333 g/mol. The molecule has 2 rings (SSSR count). The van der Waals surface area contributed by atoms with Crippen molar-refractivity contribution in [1.82, 2.24) is 9.97 Å². The third-order valence-corrected chi connectivity index (χ3v) is 2.99.